The summed E-state index contributed by atoms with van der Waals surface area (Å²) >= 11 is 6.46. The van der Waals surface area contributed by atoms with Crippen molar-refractivity contribution in [2.75, 3.05) is 18.9 Å². The summed E-state index contributed by atoms with van der Waals surface area (Å²) in [5.74, 6) is -0.438. The molecular formula is C23H22ClFN4O. The molecule has 3 aromatic rings. The first-order valence-corrected chi connectivity index (χ1v) is 10.8. The number of hydrogen-bond donors (Lipinski definition) is 2. The zero-order chi connectivity index (χ0) is 20.4. The van der Waals surface area contributed by atoms with Gasteiger partial charge < -0.3 is 10.5 Å². The summed E-state index contributed by atoms with van der Waals surface area (Å²) < 4.78 is 22.1. The number of nitrogens with two attached hydrogens (primary N) is 1. The highest BCUT2D eigenvalue weighted by Gasteiger charge is 2.37. The second kappa shape index (κ2) is 6.80. The predicted molar refractivity (Wildman–Crippen MR) is 114 cm³/mol. The zero-order valence-corrected chi connectivity index (χ0v) is 17.1. The molecule has 3 heterocycles. The van der Waals surface area contributed by atoms with Crippen molar-refractivity contribution in [3.8, 4) is 11.1 Å². The Morgan fingerprint density at radius 3 is 2.93 bits per heavy atom. The Labute approximate surface area is 179 Å². The third kappa shape index (κ3) is 2.86. The largest absolute Gasteiger partial charge is 0.398 e. The van der Waals surface area contributed by atoms with E-state index in [-0.39, 0.29) is 18.0 Å². The maximum absolute atomic E-state index is 14.0. The van der Waals surface area contributed by atoms with Gasteiger partial charge in [0.2, 0.25) is 0 Å². The fraction of sp³-hybridized carbons (Fsp3) is 0.348. The van der Waals surface area contributed by atoms with Crippen molar-refractivity contribution in [1.29, 1.82) is 0 Å². The quantitative estimate of drug-likeness (QED) is 0.604. The standard InChI is InChI=1S/C23H22ClFN4O/c24-19-4-1-13(25)7-17(19)18-10-27-23-22-15(5-6-30-23)16(8-20(26)21(18)22)12-9-28-29(11-12)14-2-3-14/h1,4,7-9,11,14,18,23,27H,2-3,5-6,10,26H2. The molecule has 1 saturated carbocycles. The molecule has 6 rings (SSSR count). The lowest BCUT2D eigenvalue weighted by Crippen LogP contribution is -2.39. The lowest BCUT2D eigenvalue weighted by Gasteiger charge is -2.39. The first-order chi connectivity index (χ1) is 14.6. The van der Waals surface area contributed by atoms with Gasteiger partial charge in [-0.1, -0.05) is 11.6 Å². The third-order valence-corrected chi connectivity index (χ3v) is 6.82. The van der Waals surface area contributed by atoms with E-state index in [1.54, 1.807) is 6.07 Å². The first kappa shape index (κ1) is 18.4. The van der Waals surface area contributed by atoms with Crippen molar-refractivity contribution < 1.29 is 9.13 Å². The van der Waals surface area contributed by atoms with Crippen LogP contribution in [-0.4, -0.2) is 22.9 Å². The molecule has 2 aromatic carbocycles. The van der Waals surface area contributed by atoms with Crippen molar-refractivity contribution in [3.05, 3.63) is 69.8 Å². The number of benzene rings is 2. The van der Waals surface area contributed by atoms with Crippen molar-refractivity contribution in [3.63, 3.8) is 0 Å². The van der Waals surface area contributed by atoms with Crippen LogP contribution in [0.2, 0.25) is 5.02 Å². The number of rotatable bonds is 3. The van der Waals surface area contributed by atoms with Gasteiger partial charge in [0.25, 0.3) is 0 Å². The van der Waals surface area contributed by atoms with Gasteiger partial charge in [-0.05, 0) is 65.8 Å². The van der Waals surface area contributed by atoms with Crippen LogP contribution in [0.5, 0.6) is 0 Å². The van der Waals surface area contributed by atoms with E-state index in [0.29, 0.717) is 29.9 Å². The average molecular weight is 425 g/mol. The highest BCUT2D eigenvalue weighted by molar-refractivity contribution is 6.31. The molecule has 0 spiro atoms. The van der Waals surface area contributed by atoms with E-state index in [1.165, 1.54) is 30.5 Å². The van der Waals surface area contributed by atoms with Crippen LogP contribution in [0.3, 0.4) is 0 Å². The summed E-state index contributed by atoms with van der Waals surface area (Å²) in [4.78, 5) is 0. The number of nitrogen functional groups attached to an aromatic ring is 1. The minimum atomic E-state index is -0.302. The molecular weight excluding hydrogens is 403 g/mol. The summed E-state index contributed by atoms with van der Waals surface area (Å²) in [5.41, 5.74) is 13.6. The highest BCUT2D eigenvalue weighted by Crippen LogP contribution is 2.47. The molecule has 0 saturated heterocycles. The Morgan fingerprint density at radius 1 is 1.23 bits per heavy atom. The van der Waals surface area contributed by atoms with Crippen LogP contribution in [-0.2, 0) is 11.2 Å². The van der Waals surface area contributed by atoms with Gasteiger partial charge in [-0.25, -0.2) is 4.39 Å². The van der Waals surface area contributed by atoms with Crippen LogP contribution >= 0.6 is 11.6 Å². The van der Waals surface area contributed by atoms with E-state index < -0.39 is 0 Å². The summed E-state index contributed by atoms with van der Waals surface area (Å²) in [6.45, 7) is 1.23. The predicted octanol–water partition coefficient (Wildman–Crippen LogP) is 4.57. The molecule has 3 aliphatic rings. The van der Waals surface area contributed by atoms with Crippen LogP contribution in [0.25, 0.3) is 11.1 Å². The van der Waals surface area contributed by atoms with Gasteiger partial charge in [0.1, 0.15) is 12.0 Å². The minimum Gasteiger partial charge on any atom is -0.398 e. The number of halogens is 2. The smallest absolute Gasteiger partial charge is 0.134 e. The molecule has 5 nitrogen and oxygen atoms in total. The van der Waals surface area contributed by atoms with E-state index in [2.05, 4.69) is 27.4 Å². The zero-order valence-electron chi connectivity index (χ0n) is 16.4. The van der Waals surface area contributed by atoms with E-state index in [1.807, 2.05) is 6.20 Å². The highest BCUT2D eigenvalue weighted by atomic mass is 35.5. The molecule has 2 atom stereocenters. The van der Waals surface area contributed by atoms with Crippen LogP contribution in [0.15, 0.2) is 36.7 Å². The maximum atomic E-state index is 14.0. The lowest BCUT2D eigenvalue weighted by atomic mass is 9.78. The average Bonchev–Trinajstić information content (AvgIpc) is 3.49. The molecule has 3 N–H and O–H groups in total. The van der Waals surface area contributed by atoms with Gasteiger partial charge in [-0.15, -0.1) is 0 Å². The molecule has 30 heavy (non-hydrogen) atoms. The Bertz CT molecular complexity index is 1160. The molecule has 1 aromatic heterocycles. The molecule has 2 aliphatic heterocycles. The molecule has 1 fully saturated rings. The molecule has 154 valence electrons. The molecule has 7 heteroatoms. The van der Waals surface area contributed by atoms with Crippen LogP contribution in [0.1, 0.15) is 53.3 Å². The lowest BCUT2D eigenvalue weighted by molar-refractivity contribution is 0.0128. The first-order valence-electron chi connectivity index (χ1n) is 10.4. The fourth-order valence-corrected chi connectivity index (χ4v) is 5.16. The Kier molecular flexibility index (Phi) is 4.17. The number of nitrogens with one attached hydrogen (secondary N) is 1. The summed E-state index contributed by atoms with van der Waals surface area (Å²) in [6.07, 6.45) is 7.02. The summed E-state index contributed by atoms with van der Waals surface area (Å²) in [7, 11) is 0. The SMILES string of the molecule is Nc1cc(-c2cnn(C3CC3)c2)c2c3c1C(c1cc(F)ccc1Cl)CNC3OCC2. The topological polar surface area (TPSA) is 65.1 Å². The summed E-state index contributed by atoms with van der Waals surface area (Å²) in [5, 5.41) is 8.58. The monoisotopic (exact) mass is 424 g/mol. The van der Waals surface area contributed by atoms with E-state index in [4.69, 9.17) is 22.1 Å². The number of nitrogens with zero attached hydrogens (tertiary/aromatic N) is 2. The summed E-state index contributed by atoms with van der Waals surface area (Å²) in [6, 6.07) is 7.09. The van der Waals surface area contributed by atoms with Gasteiger partial charge in [-0.3, -0.25) is 10.00 Å². The van der Waals surface area contributed by atoms with Gasteiger partial charge in [-0.2, -0.15) is 5.10 Å². The van der Waals surface area contributed by atoms with E-state index >= 15 is 0 Å². The van der Waals surface area contributed by atoms with Crippen LogP contribution in [0.4, 0.5) is 10.1 Å². The van der Waals surface area contributed by atoms with E-state index in [0.717, 1.165) is 34.2 Å². The second-order valence-corrected chi connectivity index (χ2v) is 8.79. The number of ether oxygens (including phenoxy) is 1. The number of anilines is 1. The number of aromatic nitrogens is 2. The van der Waals surface area contributed by atoms with E-state index in [9.17, 15) is 4.39 Å². The Balaban J connectivity index is 1.53. The van der Waals surface area contributed by atoms with Gasteiger partial charge in [0, 0.05) is 40.5 Å². The Hall–Kier alpha value is -2.41. The second-order valence-electron chi connectivity index (χ2n) is 8.39. The van der Waals surface area contributed by atoms with Crippen LogP contribution < -0.4 is 11.1 Å². The minimum absolute atomic E-state index is 0.136. The van der Waals surface area contributed by atoms with Crippen LogP contribution in [0, 0.1) is 5.82 Å². The Morgan fingerprint density at radius 2 is 2.10 bits per heavy atom. The van der Waals surface area contributed by atoms with Crippen molar-refractivity contribution in [2.24, 2.45) is 0 Å². The van der Waals surface area contributed by atoms with Crippen molar-refractivity contribution in [2.45, 2.75) is 37.5 Å². The van der Waals surface area contributed by atoms with Gasteiger partial charge in [0.15, 0.2) is 0 Å². The van der Waals surface area contributed by atoms with Gasteiger partial charge in [0.05, 0.1) is 18.8 Å². The third-order valence-electron chi connectivity index (χ3n) is 6.47. The maximum Gasteiger partial charge on any atom is 0.134 e. The molecule has 0 bridgehead atoms. The molecule has 0 amide bonds. The molecule has 0 radical (unpaired) electrons. The molecule has 2 unspecified atom stereocenters. The fourth-order valence-electron chi connectivity index (χ4n) is 4.91. The van der Waals surface area contributed by atoms with Gasteiger partial charge >= 0.3 is 0 Å². The normalized spacial score (nSPS) is 22.7. The van der Waals surface area contributed by atoms with Crippen molar-refractivity contribution in [1.82, 2.24) is 15.1 Å². The molecule has 1 aliphatic carbocycles. The van der Waals surface area contributed by atoms with Crippen molar-refractivity contribution >= 4 is 17.3 Å². The number of hydrogen-bond acceptors (Lipinski definition) is 4.